The van der Waals surface area contributed by atoms with E-state index in [9.17, 15) is 10.1 Å². The largest absolute Gasteiger partial charge is 0.378 e. The summed E-state index contributed by atoms with van der Waals surface area (Å²) in [4.78, 5) is 20.5. The van der Waals surface area contributed by atoms with Crippen LogP contribution in [0.2, 0.25) is 0 Å². The van der Waals surface area contributed by atoms with Crippen molar-refractivity contribution in [3.63, 3.8) is 0 Å². The Bertz CT molecular complexity index is 1040. The first kappa shape index (κ1) is 20.5. The Morgan fingerprint density at radius 1 is 1.19 bits per heavy atom. The maximum Gasteiger partial charge on any atom is 0.354 e. The van der Waals surface area contributed by atoms with Gasteiger partial charge in [-0.3, -0.25) is 15.5 Å². The third kappa shape index (κ3) is 4.69. The number of hydrogen-bond acceptors (Lipinski definition) is 9. The van der Waals surface area contributed by atoms with Crippen molar-refractivity contribution >= 4 is 29.6 Å². The second-order valence-corrected chi connectivity index (χ2v) is 7.14. The Labute approximate surface area is 179 Å². The molecular formula is C21H23N7O3. The molecule has 3 N–H and O–H groups in total. The Morgan fingerprint density at radius 2 is 1.97 bits per heavy atom. The minimum absolute atomic E-state index is 0.0414. The van der Waals surface area contributed by atoms with Gasteiger partial charge in [-0.05, 0) is 35.6 Å². The van der Waals surface area contributed by atoms with Crippen LogP contribution in [-0.2, 0) is 4.74 Å². The van der Waals surface area contributed by atoms with Crippen LogP contribution in [-0.4, -0.2) is 52.3 Å². The first-order valence-corrected chi connectivity index (χ1v) is 9.99. The maximum atomic E-state index is 11.3. The molecule has 10 nitrogen and oxygen atoms in total. The van der Waals surface area contributed by atoms with E-state index in [2.05, 4.69) is 43.6 Å². The fraction of sp³-hybridized carbons (Fsp3) is 0.286. The number of hydrogen-bond donors (Lipinski definition) is 2. The van der Waals surface area contributed by atoms with Gasteiger partial charge in [0.1, 0.15) is 6.33 Å². The molecule has 1 fully saturated rings. The van der Waals surface area contributed by atoms with Gasteiger partial charge in [0.15, 0.2) is 0 Å². The molecule has 2 aliphatic rings. The molecular weight excluding hydrogens is 398 g/mol. The number of morpholine rings is 1. The van der Waals surface area contributed by atoms with Gasteiger partial charge in [0.05, 0.1) is 24.4 Å². The van der Waals surface area contributed by atoms with Crippen LogP contribution in [0, 0.1) is 10.1 Å². The molecule has 2 aromatic rings. The Balaban J connectivity index is 1.63. The van der Waals surface area contributed by atoms with Crippen LogP contribution in [0.3, 0.4) is 0 Å². The van der Waals surface area contributed by atoms with Gasteiger partial charge in [-0.15, -0.1) is 0 Å². The van der Waals surface area contributed by atoms with E-state index in [0.29, 0.717) is 13.2 Å². The van der Waals surface area contributed by atoms with Crippen molar-refractivity contribution in [2.75, 3.05) is 37.5 Å². The summed E-state index contributed by atoms with van der Waals surface area (Å²) in [6.45, 7) is 2.97. The van der Waals surface area contributed by atoms with Crippen LogP contribution in [0.15, 0.2) is 58.6 Å². The van der Waals surface area contributed by atoms with Crippen molar-refractivity contribution in [1.82, 2.24) is 14.9 Å². The quantitative estimate of drug-likeness (QED) is 0.413. The number of hydrazone groups is 1. The summed E-state index contributed by atoms with van der Waals surface area (Å²) in [6, 6.07) is 10.2. The monoisotopic (exact) mass is 421 g/mol. The van der Waals surface area contributed by atoms with E-state index in [4.69, 9.17) is 10.5 Å². The molecule has 1 saturated heterocycles. The Kier molecular flexibility index (Phi) is 6.18. The van der Waals surface area contributed by atoms with Crippen LogP contribution < -0.4 is 11.2 Å². The summed E-state index contributed by atoms with van der Waals surface area (Å²) in [7, 11) is 0. The van der Waals surface area contributed by atoms with Crippen molar-refractivity contribution < 1.29 is 9.66 Å². The van der Waals surface area contributed by atoms with Crippen molar-refractivity contribution in [1.29, 1.82) is 0 Å². The van der Waals surface area contributed by atoms with Crippen molar-refractivity contribution in [3.8, 4) is 0 Å². The minimum atomic E-state index is -0.623. The molecule has 1 aromatic heterocycles. The summed E-state index contributed by atoms with van der Waals surface area (Å²) in [5.74, 6) is -0.250. The van der Waals surface area contributed by atoms with Crippen molar-refractivity contribution in [2.24, 2.45) is 5.10 Å². The average molecular weight is 421 g/mol. The number of nitrogen functional groups attached to an aromatic ring is 1. The summed E-state index contributed by atoms with van der Waals surface area (Å²) < 4.78 is 5.51. The lowest BCUT2D eigenvalue weighted by molar-refractivity contribution is -0.383. The molecule has 0 unspecified atom stereocenters. The highest BCUT2D eigenvalue weighted by molar-refractivity contribution is 5.84. The zero-order valence-corrected chi connectivity index (χ0v) is 16.9. The predicted molar refractivity (Wildman–Crippen MR) is 118 cm³/mol. The summed E-state index contributed by atoms with van der Waals surface area (Å²) >= 11 is 0. The number of ether oxygens (including phenoxy) is 1. The van der Waals surface area contributed by atoms with Gasteiger partial charge in [-0.25, -0.2) is 9.97 Å². The summed E-state index contributed by atoms with van der Waals surface area (Å²) in [5.41, 5.74) is 12.5. The lowest BCUT2D eigenvalue weighted by Crippen LogP contribution is -2.36. The molecule has 1 aliphatic heterocycles. The highest BCUT2D eigenvalue weighted by atomic mass is 16.6. The number of nitrogens with two attached hydrogens (primary N) is 1. The SMILES string of the molecule is Nc1ncnc(N/N=C/C2=C(N3CCOCC3)C(=C/c3ccccc3)/CC2)c1[N+](=O)[O-]. The molecule has 4 rings (SSSR count). The number of benzene rings is 1. The number of aromatic nitrogens is 2. The second-order valence-electron chi connectivity index (χ2n) is 7.14. The average Bonchev–Trinajstić information content (AvgIpc) is 3.17. The maximum absolute atomic E-state index is 11.3. The van der Waals surface area contributed by atoms with E-state index in [0.717, 1.165) is 49.1 Å². The van der Waals surface area contributed by atoms with E-state index >= 15 is 0 Å². The predicted octanol–water partition coefficient (Wildman–Crippen LogP) is 2.83. The van der Waals surface area contributed by atoms with Gasteiger partial charge >= 0.3 is 5.69 Å². The Morgan fingerprint density at radius 3 is 2.71 bits per heavy atom. The minimum Gasteiger partial charge on any atom is -0.378 e. The van der Waals surface area contributed by atoms with Crippen LogP contribution in [0.5, 0.6) is 0 Å². The van der Waals surface area contributed by atoms with Crippen molar-refractivity contribution in [3.05, 3.63) is 69.2 Å². The normalized spacial score (nSPS) is 18.2. The van der Waals surface area contributed by atoms with E-state index in [1.54, 1.807) is 6.21 Å². The molecule has 160 valence electrons. The van der Waals surface area contributed by atoms with E-state index < -0.39 is 10.6 Å². The third-order valence-electron chi connectivity index (χ3n) is 5.16. The molecule has 31 heavy (non-hydrogen) atoms. The van der Waals surface area contributed by atoms with Gasteiger partial charge in [0, 0.05) is 18.8 Å². The van der Waals surface area contributed by atoms with Crippen molar-refractivity contribution in [2.45, 2.75) is 12.8 Å². The number of anilines is 2. The van der Waals surface area contributed by atoms with Gasteiger partial charge in [0.25, 0.3) is 0 Å². The number of allylic oxidation sites excluding steroid dienone is 2. The van der Waals surface area contributed by atoms with Crippen LogP contribution in [0.4, 0.5) is 17.3 Å². The molecule has 1 aromatic carbocycles. The molecule has 2 heterocycles. The standard InChI is InChI=1S/C21H23N7O3/c22-20-19(28(29)30)21(24-14-23-20)26-25-13-17-7-6-16(12-15-4-2-1-3-5-15)18(17)27-8-10-31-11-9-27/h1-5,12-14H,6-11H2,(H3,22,23,24,26)/b16-12+,25-13+. The number of nitro groups is 1. The van der Waals surface area contributed by atoms with Crippen LogP contribution >= 0.6 is 0 Å². The van der Waals surface area contributed by atoms with Gasteiger partial charge in [-0.1, -0.05) is 30.3 Å². The number of nitrogens with one attached hydrogen (secondary N) is 1. The highest BCUT2D eigenvalue weighted by Crippen LogP contribution is 2.35. The lowest BCUT2D eigenvalue weighted by Gasteiger charge is -2.31. The Hall–Kier alpha value is -3.79. The van der Waals surface area contributed by atoms with E-state index in [1.807, 2.05) is 18.2 Å². The first-order valence-electron chi connectivity index (χ1n) is 9.99. The molecule has 0 amide bonds. The van der Waals surface area contributed by atoms with E-state index in [-0.39, 0.29) is 11.6 Å². The second kappa shape index (κ2) is 9.35. The smallest absolute Gasteiger partial charge is 0.354 e. The zero-order chi connectivity index (χ0) is 21.6. The van der Waals surface area contributed by atoms with E-state index in [1.165, 1.54) is 5.57 Å². The van der Waals surface area contributed by atoms with Gasteiger partial charge in [-0.2, -0.15) is 5.10 Å². The van der Waals surface area contributed by atoms with Crippen LogP contribution in [0.1, 0.15) is 18.4 Å². The third-order valence-corrected chi connectivity index (χ3v) is 5.16. The topological polar surface area (TPSA) is 132 Å². The zero-order valence-electron chi connectivity index (χ0n) is 16.9. The lowest BCUT2D eigenvalue weighted by atomic mass is 10.1. The van der Waals surface area contributed by atoms with Crippen LogP contribution in [0.25, 0.3) is 6.08 Å². The fourth-order valence-electron chi connectivity index (χ4n) is 3.75. The van der Waals surface area contributed by atoms with Gasteiger partial charge in [0.2, 0.25) is 11.6 Å². The molecule has 0 bridgehead atoms. The summed E-state index contributed by atoms with van der Waals surface area (Å²) in [6.07, 6.45) is 6.79. The molecule has 0 saturated carbocycles. The van der Waals surface area contributed by atoms with Gasteiger partial charge < -0.3 is 15.4 Å². The summed E-state index contributed by atoms with van der Waals surface area (Å²) in [5, 5.41) is 15.5. The molecule has 0 radical (unpaired) electrons. The number of nitrogens with zero attached hydrogens (tertiary/aromatic N) is 5. The number of rotatable bonds is 6. The molecule has 1 aliphatic carbocycles. The first-order chi connectivity index (χ1) is 15.1. The molecule has 0 atom stereocenters. The molecule has 0 spiro atoms. The highest BCUT2D eigenvalue weighted by Gasteiger charge is 2.26. The molecule has 10 heteroatoms. The fourth-order valence-corrected chi connectivity index (χ4v) is 3.75.